The Labute approximate surface area is 625 Å². The first-order valence-corrected chi connectivity index (χ1v) is 37.2. The molecule has 106 heavy (non-hydrogen) atoms. The number of hydrogen-bond acceptors (Lipinski definition) is 17. The molecule has 550 valence electrons. The van der Waals surface area contributed by atoms with E-state index in [1.54, 1.807) is 11.8 Å². The van der Waals surface area contributed by atoms with Crippen LogP contribution in [0.15, 0.2) is 308 Å². The minimum absolute atomic E-state index is 0.101. The van der Waals surface area contributed by atoms with Gasteiger partial charge in [-0.05, 0) is 62.2 Å². The average Bonchev–Trinajstić information content (AvgIpc) is 0.780. The van der Waals surface area contributed by atoms with Gasteiger partial charge in [0, 0.05) is 11.8 Å². The highest BCUT2D eigenvalue weighted by molar-refractivity contribution is 7.99. The van der Waals surface area contributed by atoms with Crippen molar-refractivity contribution < 1.29 is 75.8 Å². The number of esters is 1. The molecule has 0 aromatic heterocycles. The van der Waals surface area contributed by atoms with E-state index in [0.29, 0.717) is 0 Å². The SMILES string of the molecule is CC(=O)OC[C@H]1O[C@@H](OC[C@H]2O[C@@H](OC[C@H]3O[C@@H](Sc4ccccc4)[C@H](OCc4ccccc4)[C@@H](OCc4ccccc4)[C@@H]3OCc3ccccc3)[C@H](OCc3ccccc3)[C@@H](OCc3ccccc3)[C@@H]2OCc2ccccc2)[C@H](OCc2ccccc2)[C@@H](OCc2ccccc2)[C@@H]1OCc1ccccc1. The quantitative estimate of drug-likeness (QED) is 0.0339. The van der Waals surface area contributed by atoms with E-state index in [-0.39, 0.29) is 79.3 Å². The Morgan fingerprint density at radius 3 is 0.745 bits per heavy atom. The summed E-state index contributed by atoms with van der Waals surface area (Å²) in [5.74, 6) is -0.498. The molecule has 0 aliphatic carbocycles. The third kappa shape index (κ3) is 22.3. The van der Waals surface area contributed by atoms with Gasteiger partial charge >= 0.3 is 5.97 Å². The highest BCUT2D eigenvalue weighted by atomic mass is 32.2. The van der Waals surface area contributed by atoms with E-state index in [9.17, 15) is 4.79 Å². The number of carbonyl (C=O) groups is 1. The Balaban J connectivity index is 0.892. The predicted octanol–water partition coefficient (Wildman–Crippen LogP) is 15.8. The molecule has 3 heterocycles. The van der Waals surface area contributed by atoms with Gasteiger partial charge < -0.3 is 71.1 Å². The summed E-state index contributed by atoms with van der Waals surface area (Å²) in [4.78, 5) is 13.9. The molecule has 3 saturated heterocycles. The van der Waals surface area contributed by atoms with Crippen molar-refractivity contribution in [1.82, 2.24) is 0 Å². The summed E-state index contributed by atoms with van der Waals surface area (Å²) < 4.78 is 107. The Hall–Kier alpha value is -8.54. The lowest BCUT2D eigenvalue weighted by molar-refractivity contribution is -0.356. The van der Waals surface area contributed by atoms with Crippen LogP contribution in [0, 0.1) is 0 Å². The fourth-order valence-corrected chi connectivity index (χ4v) is 14.4. The van der Waals surface area contributed by atoms with Crippen LogP contribution in [0.2, 0.25) is 0 Å². The molecule has 10 aromatic rings. The van der Waals surface area contributed by atoms with E-state index >= 15 is 0 Å². The maximum absolute atomic E-state index is 12.9. The molecule has 3 aliphatic rings. The van der Waals surface area contributed by atoms with Gasteiger partial charge in [-0.15, -0.1) is 0 Å². The second-order valence-electron chi connectivity index (χ2n) is 26.4. The van der Waals surface area contributed by atoms with Crippen molar-refractivity contribution in [3.05, 3.63) is 353 Å². The van der Waals surface area contributed by atoms with Gasteiger partial charge in [0.2, 0.25) is 0 Å². The van der Waals surface area contributed by atoms with Crippen molar-refractivity contribution >= 4 is 17.7 Å². The van der Waals surface area contributed by atoms with E-state index in [1.165, 1.54) is 6.92 Å². The number of ether oxygens (including phenoxy) is 15. The highest BCUT2D eigenvalue weighted by Gasteiger charge is 2.54. The van der Waals surface area contributed by atoms with E-state index in [1.807, 2.05) is 267 Å². The molecular formula is C89H92O16S. The minimum Gasteiger partial charge on any atom is -0.463 e. The molecular weight excluding hydrogens is 1360 g/mol. The maximum Gasteiger partial charge on any atom is 0.302 e. The molecule has 0 bridgehead atoms. The molecule has 0 radical (unpaired) electrons. The lowest BCUT2D eigenvalue weighted by Crippen LogP contribution is -2.64. The number of hydrogen-bond donors (Lipinski definition) is 0. The fraction of sp³-hybridized carbons (Fsp3) is 0.315. The van der Waals surface area contributed by atoms with Crippen molar-refractivity contribution in [2.45, 2.75) is 163 Å². The van der Waals surface area contributed by atoms with Crippen molar-refractivity contribution in [1.29, 1.82) is 0 Å². The number of carbonyl (C=O) groups excluding carboxylic acids is 1. The molecule has 17 heteroatoms. The second kappa shape index (κ2) is 40.4. The minimum atomic E-state index is -1.21. The van der Waals surface area contributed by atoms with Crippen LogP contribution in [0.5, 0.6) is 0 Å². The van der Waals surface area contributed by atoms with Crippen LogP contribution < -0.4 is 0 Å². The van der Waals surface area contributed by atoms with Crippen LogP contribution in [-0.4, -0.2) is 117 Å². The fourth-order valence-electron chi connectivity index (χ4n) is 13.2. The van der Waals surface area contributed by atoms with Gasteiger partial charge in [-0.25, -0.2) is 0 Å². The first-order valence-electron chi connectivity index (χ1n) is 36.3. The summed E-state index contributed by atoms with van der Waals surface area (Å²) in [5.41, 5.74) is 7.75. The van der Waals surface area contributed by atoms with Gasteiger partial charge in [0.1, 0.15) is 85.3 Å². The third-order valence-corrected chi connectivity index (χ3v) is 19.8. The number of rotatable bonds is 37. The average molecular weight is 1450 g/mol. The number of benzene rings is 10. The molecule has 15 atom stereocenters. The smallest absolute Gasteiger partial charge is 0.302 e. The van der Waals surface area contributed by atoms with Gasteiger partial charge in [0.05, 0.1) is 72.7 Å². The van der Waals surface area contributed by atoms with Crippen molar-refractivity contribution in [2.24, 2.45) is 0 Å². The summed E-state index contributed by atoms with van der Waals surface area (Å²) in [6.45, 7) is 2.61. The Morgan fingerprint density at radius 2 is 0.472 bits per heavy atom. The molecule has 0 N–H and O–H groups in total. The van der Waals surface area contributed by atoms with E-state index < -0.39 is 97.2 Å². The zero-order chi connectivity index (χ0) is 72.2. The topological polar surface area (TPSA) is 156 Å². The maximum atomic E-state index is 12.9. The van der Waals surface area contributed by atoms with Gasteiger partial charge in [-0.3, -0.25) is 4.79 Å². The van der Waals surface area contributed by atoms with Crippen LogP contribution in [0.1, 0.15) is 57.0 Å². The molecule has 10 aromatic carbocycles. The molecule has 3 aliphatic heterocycles. The Bertz CT molecular complexity index is 4080. The largest absolute Gasteiger partial charge is 0.463 e. The van der Waals surface area contributed by atoms with Crippen molar-refractivity contribution in [3.8, 4) is 0 Å². The first-order chi connectivity index (χ1) is 52.4. The third-order valence-electron chi connectivity index (χ3n) is 18.6. The Kier molecular flexibility index (Phi) is 28.9. The zero-order valence-corrected chi connectivity index (χ0v) is 60.3. The zero-order valence-electron chi connectivity index (χ0n) is 59.5. The van der Waals surface area contributed by atoms with Gasteiger partial charge in [-0.2, -0.15) is 0 Å². The van der Waals surface area contributed by atoms with Crippen molar-refractivity contribution in [2.75, 3.05) is 19.8 Å². The van der Waals surface area contributed by atoms with Crippen molar-refractivity contribution in [3.63, 3.8) is 0 Å². The highest BCUT2D eigenvalue weighted by Crippen LogP contribution is 2.41. The molecule has 0 unspecified atom stereocenters. The van der Waals surface area contributed by atoms with Crippen LogP contribution >= 0.6 is 11.8 Å². The van der Waals surface area contributed by atoms with Crippen LogP contribution in [-0.2, 0) is 135 Å². The van der Waals surface area contributed by atoms with Crippen LogP contribution in [0.4, 0.5) is 0 Å². The van der Waals surface area contributed by atoms with Gasteiger partial charge in [0.25, 0.3) is 0 Å². The Morgan fingerprint density at radius 1 is 0.255 bits per heavy atom. The summed E-state index contributed by atoms with van der Waals surface area (Å²) in [5, 5.41) is 0. The standard InChI is InChI=1S/C89H92O16S/c1-64(90)91-61-75-78(92-52-65-32-12-2-13-33-65)81(95-55-68-38-18-5-19-39-68)84(98-58-71-44-24-8-25-45-71)87(103-75)101-62-76-79(93-53-66-34-14-3-15-35-66)82(96-56-69-40-20-6-21-41-69)85(99-59-72-46-26-9-27-47-72)88(104-76)102-63-77-80(94-54-67-36-16-4-17-37-67)83(97-57-70-42-22-7-23-43-70)86(100-60-73-48-28-10-29-49-73)89(105-77)106-74-50-30-11-31-51-74/h2-51,75-89H,52-63H2,1H3/t75-,76-,77-,78-,79-,80-,81+,82+,83+,84-,85-,86-,87-,88-,89+/m1/s1. The van der Waals surface area contributed by atoms with Gasteiger partial charge in [-0.1, -0.05) is 303 Å². The summed E-state index contributed by atoms with van der Waals surface area (Å²) in [6, 6.07) is 100. The first kappa shape index (κ1) is 75.7. The monoisotopic (exact) mass is 1450 g/mol. The molecule has 0 spiro atoms. The molecule has 0 saturated carbocycles. The van der Waals surface area contributed by atoms with E-state index in [4.69, 9.17) is 71.1 Å². The second-order valence-corrected chi connectivity index (χ2v) is 27.6. The molecule has 0 amide bonds. The molecule has 16 nitrogen and oxygen atoms in total. The van der Waals surface area contributed by atoms with E-state index in [2.05, 4.69) is 36.4 Å². The number of thioether (sulfide) groups is 1. The predicted molar refractivity (Wildman–Crippen MR) is 402 cm³/mol. The van der Waals surface area contributed by atoms with Gasteiger partial charge in [0.15, 0.2) is 12.6 Å². The molecule has 13 rings (SSSR count). The van der Waals surface area contributed by atoms with Crippen LogP contribution in [0.3, 0.4) is 0 Å². The normalized spacial score (nSPS) is 24.4. The van der Waals surface area contributed by atoms with Crippen LogP contribution in [0.25, 0.3) is 0 Å². The summed E-state index contributed by atoms with van der Waals surface area (Å²) in [7, 11) is 0. The molecule has 3 fully saturated rings. The lowest BCUT2D eigenvalue weighted by atomic mass is 9.96. The van der Waals surface area contributed by atoms with E-state index in [0.717, 1.165) is 55.0 Å². The summed E-state index contributed by atoms with van der Waals surface area (Å²) in [6.07, 6.45) is -12.9. The summed E-state index contributed by atoms with van der Waals surface area (Å²) >= 11 is 1.55. The lowest BCUT2D eigenvalue weighted by Gasteiger charge is -2.49.